The number of hydrogen-bond acceptors (Lipinski definition) is 4. The summed E-state index contributed by atoms with van der Waals surface area (Å²) in [5.41, 5.74) is 0. The lowest BCUT2D eigenvalue weighted by Crippen LogP contribution is -2.48. The summed E-state index contributed by atoms with van der Waals surface area (Å²) in [5, 5.41) is 0. The van der Waals surface area contributed by atoms with Crippen molar-refractivity contribution in [2.24, 2.45) is 0 Å². The van der Waals surface area contributed by atoms with Gasteiger partial charge in [0.1, 0.15) is 0 Å². The fraction of sp³-hybridized carbons (Fsp3) is 1.00. The molecule has 0 spiro atoms. The molecule has 0 aromatic carbocycles. The second-order valence-corrected chi connectivity index (χ2v) is 19.8. The van der Waals surface area contributed by atoms with Crippen LogP contribution in [0.4, 0.5) is 0 Å². The van der Waals surface area contributed by atoms with Crippen LogP contribution < -0.4 is 0 Å². The highest BCUT2D eigenvalue weighted by molar-refractivity contribution is 6.73. The van der Waals surface area contributed by atoms with Gasteiger partial charge >= 0.3 is 37.1 Å². The first kappa shape index (κ1) is 30.7. The highest BCUT2D eigenvalue weighted by atomic mass is 28.5. The van der Waals surface area contributed by atoms with Crippen molar-refractivity contribution in [3.63, 3.8) is 0 Å². The van der Waals surface area contributed by atoms with Crippen LogP contribution in [0.5, 0.6) is 0 Å². The fourth-order valence-electron chi connectivity index (χ4n) is 4.30. The molecule has 0 aliphatic carbocycles. The molecule has 4 nitrogen and oxygen atoms in total. The zero-order chi connectivity index (χ0) is 23.3. The first-order chi connectivity index (χ1) is 15.7. The molecule has 1 aliphatic rings. The van der Waals surface area contributed by atoms with E-state index in [1.807, 2.05) is 0 Å². The zero-order valence-electron chi connectivity index (χ0n) is 22.1. The van der Waals surface area contributed by atoms with Crippen molar-refractivity contribution in [2.45, 2.75) is 155 Å². The summed E-state index contributed by atoms with van der Waals surface area (Å²) < 4.78 is 27.2. The van der Waals surface area contributed by atoms with Crippen LogP contribution >= 0.6 is 0 Å². The third-order valence-electron chi connectivity index (χ3n) is 6.39. The highest BCUT2D eigenvalue weighted by Gasteiger charge is 2.34. The van der Waals surface area contributed by atoms with E-state index in [0.717, 1.165) is 24.2 Å². The Balaban J connectivity index is 2.71. The van der Waals surface area contributed by atoms with Gasteiger partial charge in [0.2, 0.25) is 0 Å². The molecule has 8 heteroatoms. The SMILES string of the molecule is CCCCCC[SiH]1O[SiH](CCCCCC)O[SiH](CCCCCC)O[SiH](CCCCCC)O1. The number of rotatable bonds is 20. The van der Waals surface area contributed by atoms with Gasteiger partial charge in [-0.05, 0) is 24.2 Å². The lowest BCUT2D eigenvalue weighted by atomic mass is 10.2. The number of hydrogen-bond donors (Lipinski definition) is 0. The van der Waals surface area contributed by atoms with E-state index in [4.69, 9.17) is 16.5 Å². The average Bonchev–Trinajstić information content (AvgIpc) is 2.78. The van der Waals surface area contributed by atoms with Gasteiger partial charge in [0, 0.05) is 0 Å². The Morgan fingerprint density at radius 3 is 0.719 bits per heavy atom. The molecule has 32 heavy (non-hydrogen) atoms. The molecule has 0 bridgehead atoms. The van der Waals surface area contributed by atoms with E-state index in [1.165, 1.54) is 103 Å². The van der Waals surface area contributed by atoms with Crippen LogP contribution in [0.15, 0.2) is 0 Å². The third kappa shape index (κ3) is 16.4. The summed E-state index contributed by atoms with van der Waals surface area (Å²) in [5.74, 6) is 0. The summed E-state index contributed by atoms with van der Waals surface area (Å²) in [7, 11) is -6.58. The van der Waals surface area contributed by atoms with Crippen molar-refractivity contribution in [1.29, 1.82) is 0 Å². The molecule has 0 aromatic heterocycles. The smallest absolute Gasteiger partial charge is 0.303 e. The maximum absolute atomic E-state index is 6.79. The predicted molar refractivity (Wildman–Crippen MR) is 149 cm³/mol. The quantitative estimate of drug-likeness (QED) is 0.125. The van der Waals surface area contributed by atoms with Gasteiger partial charge in [-0.3, -0.25) is 0 Å². The molecule has 0 radical (unpaired) electrons. The van der Waals surface area contributed by atoms with E-state index in [2.05, 4.69) is 27.7 Å². The van der Waals surface area contributed by atoms with Crippen molar-refractivity contribution in [3.8, 4) is 0 Å². The minimum absolute atomic E-state index is 1.16. The van der Waals surface area contributed by atoms with Gasteiger partial charge in [-0.25, -0.2) is 0 Å². The number of unbranched alkanes of at least 4 members (excludes halogenated alkanes) is 12. The second-order valence-electron chi connectivity index (χ2n) is 9.66. The van der Waals surface area contributed by atoms with Gasteiger partial charge in [0.25, 0.3) is 0 Å². The molecule has 0 saturated carbocycles. The van der Waals surface area contributed by atoms with Crippen molar-refractivity contribution >= 4 is 37.1 Å². The van der Waals surface area contributed by atoms with Gasteiger partial charge in [0.15, 0.2) is 0 Å². The Morgan fingerprint density at radius 1 is 0.312 bits per heavy atom. The molecule has 0 amide bonds. The van der Waals surface area contributed by atoms with Gasteiger partial charge in [-0.15, -0.1) is 0 Å². The molecule has 0 N–H and O–H groups in total. The largest absolute Gasteiger partial charge is 0.420 e. The van der Waals surface area contributed by atoms with Gasteiger partial charge < -0.3 is 16.5 Å². The minimum atomic E-state index is -1.65. The Bertz CT molecular complexity index is 326. The molecular weight excluding hydrogens is 465 g/mol. The molecule has 1 heterocycles. The monoisotopic (exact) mass is 520 g/mol. The van der Waals surface area contributed by atoms with Gasteiger partial charge in [-0.2, -0.15) is 0 Å². The van der Waals surface area contributed by atoms with Crippen molar-refractivity contribution < 1.29 is 16.5 Å². The Hall–Kier alpha value is 0.708. The summed E-state index contributed by atoms with van der Waals surface area (Å²) in [6.07, 6.45) is 20.8. The van der Waals surface area contributed by atoms with Gasteiger partial charge in [-0.1, -0.05) is 130 Å². The second kappa shape index (κ2) is 22.2. The Morgan fingerprint density at radius 2 is 0.531 bits per heavy atom. The molecule has 1 aliphatic heterocycles. The highest BCUT2D eigenvalue weighted by Crippen LogP contribution is 2.22. The predicted octanol–water partition coefficient (Wildman–Crippen LogP) is 7.27. The maximum atomic E-state index is 6.79. The summed E-state index contributed by atoms with van der Waals surface area (Å²) in [4.78, 5) is 0. The summed E-state index contributed by atoms with van der Waals surface area (Å²) >= 11 is 0. The van der Waals surface area contributed by atoms with E-state index in [-0.39, 0.29) is 0 Å². The fourth-order valence-corrected chi connectivity index (χ4v) is 19.9. The summed E-state index contributed by atoms with van der Waals surface area (Å²) in [6, 6.07) is 4.64. The zero-order valence-corrected chi connectivity index (χ0v) is 26.7. The van der Waals surface area contributed by atoms with Crippen LogP contribution in [-0.4, -0.2) is 37.1 Å². The van der Waals surface area contributed by atoms with Crippen LogP contribution in [0.1, 0.15) is 130 Å². The molecule has 1 saturated heterocycles. The molecule has 1 fully saturated rings. The topological polar surface area (TPSA) is 36.9 Å². The van der Waals surface area contributed by atoms with E-state index in [1.54, 1.807) is 0 Å². The summed E-state index contributed by atoms with van der Waals surface area (Å²) in [6.45, 7) is 9.13. The molecule has 1 rings (SSSR count). The van der Waals surface area contributed by atoms with Crippen molar-refractivity contribution in [2.75, 3.05) is 0 Å². The van der Waals surface area contributed by atoms with Crippen LogP contribution in [-0.2, 0) is 16.5 Å². The Labute approximate surface area is 207 Å². The molecule has 0 aromatic rings. The minimum Gasteiger partial charge on any atom is -0.420 e. The molecule has 0 atom stereocenters. The van der Waals surface area contributed by atoms with Crippen molar-refractivity contribution in [1.82, 2.24) is 0 Å². The van der Waals surface area contributed by atoms with Crippen LogP contribution in [0.2, 0.25) is 24.2 Å². The molecule has 0 unspecified atom stereocenters. The van der Waals surface area contributed by atoms with Crippen LogP contribution in [0, 0.1) is 0 Å². The first-order valence-corrected chi connectivity index (χ1v) is 21.4. The molecule has 192 valence electrons. The van der Waals surface area contributed by atoms with Gasteiger partial charge in [0.05, 0.1) is 0 Å². The Kier molecular flexibility index (Phi) is 21.3. The third-order valence-corrected chi connectivity index (χ3v) is 19.6. The van der Waals surface area contributed by atoms with Crippen molar-refractivity contribution in [3.05, 3.63) is 0 Å². The van der Waals surface area contributed by atoms with E-state index < -0.39 is 37.1 Å². The average molecular weight is 521 g/mol. The maximum Gasteiger partial charge on any atom is 0.303 e. The first-order valence-electron chi connectivity index (χ1n) is 14.3. The normalized spacial score (nSPS) is 24.4. The van der Waals surface area contributed by atoms with E-state index in [9.17, 15) is 0 Å². The lowest BCUT2D eigenvalue weighted by molar-refractivity contribution is 0.275. The van der Waals surface area contributed by atoms with E-state index in [0.29, 0.717) is 0 Å². The standard InChI is InChI=1S/C24H56O4Si4/c1-5-9-13-17-21-29-25-30(22-18-14-10-6-2)27-32(24-20-16-12-8-4)28-31(26-29)23-19-15-11-7-3/h29-32H,5-24H2,1-4H3. The van der Waals surface area contributed by atoms with E-state index >= 15 is 0 Å². The van der Waals surface area contributed by atoms with Crippen LogP contribution in [0.25, 0.3) is 0 Å². The lowest BCUT2D eigenvalue weighted by Gasteiger charge is -2.34. The van der Waals surface area contributed by atoms with Crippen LogP contribution in [0.3, 0.4) is 0 Å². The molecular formula is C24H56O4Si4.